The molecule has 0 aliphatic heterocycles. The molecule has 3 atom stereocenters. The minimum absolute atomic E-state index is 0.276. The van der Waals surface area contributed by atoms with Crippen molar-refractivity contribution >= 4 is 5.78 Å². The van der Waals surface area contributed by atoms with Gasteiger partial charge < -0.3 is 4.90 Å². The van der Waals surface area contributed by atoms with Gasteiger partial charge in [0.05, 0.1) is 0 Å². The predicted octanol–water partition coefficient (Wildman–Crippen LogP) is 2.97. The third-order valence-electron chi connectivity index (χ3n) is 3.99. The molecule has 3 unspecified atom stereocenters. The third kappa shape index (κ3) is 3.31. The summed E-state index contributed by atoms with van der Waals surface area (Å²) in [5, 5.41) is 0. The van der Waals surface area contributed by atoms with E-state index in [9.17, 15) is 4.79 Å². The first kappa shape index (κ1) is 13.7. The average Bonchev–Trinajstić information content (AvgIpc) is 2.15. The highest BCUT2D eigenvalue weighted by molar-refractivity contribution is 5.82. The van der Waals surface area contributed by atoms with E-state index in [1.807, 2.05) is 0 Å². The summed E-state index contributed by atoms with van der Waals surface area (Å²) in [5.41, 5.74) is 0. The van der Waals surface area contributed by atoms with E-state index in [2.05, 4.69) is 39.5 Å². The van der Waals surface area contributed by atoms with Crippen molar-refractivity contribution in [2.24, 2.45) is 17.8 Å². The zero-order chi connectivity index (χ0) is 12.3. The molecule has 2 nitrogen and oxygen atoms in total. The Bertz CT molecular complexity index is 237. The van der Waals surface area contributed by atoms with Gasteiger partial charge in [-0.15, -0.1) is 0 Å². The Morgan fingerprint density at radius 1 is 1.38 bits per heavy atom. The molecule has 94 valence electrons. The quantitative estimate of drug-likeness (QED) is 0.733. The molecule has 0 radical (unpaired) electrons. The van der Waals surface area contributed by atoms with Crippen molar-refractivity contribution in [3.8, 4) is 0 Å². The summed E-state index contributed by atoms with van der Waals surface area (Å²) < 4.78 is 0. The lowest BCUT2D eigenvalue weighted by molar-refractivity contribution is -0.128. The summed E-state index contributed by atoms with van der Waals surface area (Å²) in [7, 11) is 0. The van der Waals surface area contributed by atoms with Gasteiger partial charge in [-0.3, -0.25) is 4.79 Å². The smallest absolute Gasteiger partial charge is 0.137 e. The van der Waals surface area contributed by atoms with Crippen LogP contribution >= 0.6 is 0 Å². The molecule has 0 saturated heterocycles. The van der Waals surface area contributed by atoms with Crippen LogP contribution in [-0.2, 0) is 4.79 Å². The van der Waals surface area contributed by atoms with Crippen LogP contribution < -0.4 is 0 Å². The van der Waals surface area contributed by atoms with Gasteiger partial charge in [-0.2, -0.15) is 0 Å². The fourth-order valence-corrected chi connectivity index (χ4v) is 2.93. The number of hydrogen-bond donors (Lipinski definition) is 0. The second-order valence-corrected chi connectivity index (χ2v) is 5.78. The summed E-state index contributed by atoms with van der Waals surface area (Å²) in [5.74, 6) is 1.92. The first-order valence-corrected chi connectivity index (χ1v) is 6.72. The minimum Gasteiger partial charge on any atom is -0.300 e. The van der Waals surface area contributed by atoms with Gasteiger partial charge in [0.2, 0.25) is 0 Å². The van der Waals surface area contributed by atoms with Gasteiger partial charge in [0.15, 0.2) is 0 Å². The van der Waals surface area contributed by atoms with Gasteiger partial charge in [-0.1, -0.05) is 20.8 Å². The maximum Gasteiger partial charge on any atom is 0.137 e. The molecule has 1 aliphatic rings. The first-order chi connectivity index (χ1) is 7.45. The van der Waals surface area contributed by atoms with Gasteiger partial charge in [0, 0.05) is 24.9 Å². The number of rotatable bonds is 4. The third-order valence-corrected chi connectivity index (χ3v) is 3.99. The molecule has 0 amide bonds. The summed E-state index contributed by atoms with van der Waals surface area (Å²) >= 11 is 0. The Labute approximate surface area is 100 Å². The molecule has 0 spiro atoms. The fourth-order valence-electron chi connectivity index (χ4n) is 2.93. The molecular formula is C14H27NO. The minimum atomic E-state index is 0.276. The molecule has 0 N–H and O–H groups in total. The molecule has 0 bridgehead atoms. The predicted molar refractivity (Wildman–Crippen MR) is 68.4 cm³/mol. The Hall–Kier alpha value is -0.370. The van der Waals surface area contributed by atoms with Crippen molar-refractivity contribution in [1.82, 2.24) is 4.90 Å². The molecule has 1 rings (SSSR count). The van der Waals surface area contributed by atoms with E-state index in [4.69, 9.17) is 0 Å². The molecular weight excluding hydrogens is 198 g/mol. The summed E-state index contributed by atoms with van der Waals surface area (Å²) in [6.45, 7) is 13.1. The van der Waals surface area contributed by atoms with Crippen LogP contribution in [0.1, 0.15) is 47.5 Å². The number of carbonyl (C=O) groups excluding carboxylic acids is 1. The largest absolute Gasteiger partial charge is 0.300 e. The van der Waals surface area contributed by atoms with Crippen molar-refractivity contribution < 1.29 is 4.79 Å². The summed E-state index contributed by atoms with van der Waals surface area (Å²) in [4.78, 5) is 14.5. The second-order valence-electron chi connectivity index (χ2n) is 5.78. The van der Waals surface area contributed by atoms with Crippen LogP contribution in [0.3, 0.4) is 0 Å². The molecule has 0 heterocycles. The standard InChI is InChI=1S/C14H27NO/c1-6-15(10(2)3)9-13-12(5)7-11(4)8-14(13)16/h10-13H,6-9H2,1-5H3. The highest BCUT2D eigenvalue weighted by Gasteiger charge is 2.33. The van der Waals surface area contributed by atoms with Crippen molar-refractivity contribution in [3.63, 3.8) is 0 Å². The van der Waals surface area contributed by atoms with Crippen LogP contribution in [-0.4, -0.2) is 29.8 Å². The summed E-state index contributed by atoms with van der Waals surface area (Å²) in [6.07, 6.45) is 2.01. The lowest BCUT2D eigenvalue weighted by Gasteiger charge is -2.36. The van der Waals surface area contributed by atoms with Crippen LogP contribution in [0.5, 0.6) is 0 Å². The van der Waals surface area contributed by atoms with E-state index in [-0.39, 0.29) is 5.92 Å². The fraction of sp³-hybridized carbons (Fsp3) is 0.929. The monoisotopic (exact) mass is 225 g/mol. The zero-order valence-corrected chi connectivity index (χ0v) is 11.5. The highest BCUT2D eigenvalue weighted by Crippen LogP contribution is 2.31. The maximum atomic E-state index is 12.1. The highest BCUT2D eigenvalue weighted by atomic mass is 16.1. The van der Waals surface area contributed by atoms with Crippen molar-refractivity contribution in [2.45, 2.75) is 53.5 Å². The topological polar surface area (TPSA) is 20.3 Å². The van der Waals surface area contributed by atoms with E-state index in [1.165, 1.54) is 6.42 Å². The Kier molecular flexibility index (Phi) is 4.97. The molecule has 0 aromatic rings. The Morgan fingerprint density at radius 3 is 2.44 bits per heavy atom. The molecule has 2 heteroatoms. The molecule has 1 saturated carbocycles. The zero-order valence-electron chi connectivity index (χ0n) is 11.5. The Morgan fingerprint density at radius 2 is 2.00 bits per heavy atom. The lowest BCUT2D eigenvalue weighted by Crippen LogP contribution is -2.42. The first-order valence-electron chi connectivity index (χ1n) is 6.72. The van der Waals surface area contributed by atoms with Crippen LogP contribution in [0.2, 0.25) is 0 Å². The number of nitrogens with zero attached hydrogens (tertiary/aromatic N) is 1. The van der Waals surface area contributed by atoms with Crippen LogP contribution in [0.4, 0.5) is 0 Å². The average molecular weight is 225 g/mol. The van der Waals surface area contributed by atoms with Crippen LogP contribution in [0.25, 0.3) is 0 Å². The van der Waals surface area contributed by atoms with E-state index >= 15 is 0 Å². The van der Waals surface area contributed by atoms with Gasteiger partial charge in [-0.05, 0) is 38.6 Å². The molecule has 16 heavy (non-hydrogen) atoms. The Balaban J connectivity index is 2.61. The van der Waals surface area contributed by atoms with Crippen molar-refractivity contribution in [3.05, 3.63) is 0 Å². The molecule has 1 fully saturated rings. The normalized spacial score (nSPS) is 31.4. The van der Waals surface area contributed by atoms with Gasteiger partial charge in [-0.25, -0.2) is 0 Å². The van der Waals surface area contributed by atoms with Crippen LogP contribution in [0, 0.1) is 17.8 Å². The number of ketones is 1. The van der Waals surface area contributed by atoms with E-state index in [0.29, 0.717) is 23.7 Å². The van der Waals surface area contributed by atoms with E-state index < -0.39 is 0 Å². The van der Waals surface area contributed by atoms with Gasteiger partial charge in [0.25, 0.3) is 0 Å². The second kappa shape index (κ2) is 5.81. The molecule has 1 aliphatic carbocycles. The maximum absolute atomic E-state index is 12.1. The van der Waals surface area contributed by atoms with Gasteiger partial charge in [0.1, 0.15) is 5.78 Å². The van der Waals surface area contributed by atoms with Crippen molar-refractivity contribution in [1.29, 1.82) is 0 Å². The molecule has 0 aromatic heterocycles. The van der Waals surface area contributed by atoms with E-state index in [1.54, 1.807) is 0 Å². The number of hydrogen-bond acceptors (Lipinski definition) is 2. The summed E-state index contributed by atoms with van der Waals surface area (Å²) in [6, 6.07) is 0.546. The van der Waals surface area contributed by atoms with Crippen molar-refractivity contribution in [2.75, 3.05) is 13.1 Å². The van der Waals surface area contributed by atoms with E-state index in [0.717, 1.165) is 19.5 Å². The van der Waals surface area contributed by atoms with Gasteiger partial charge >= 0.3 is 0 Å². The van der Waals surface area contributed by atoms with Crippen LogP contribution in [0.15, 0.2) is 0 Å². The lowest BCUT2D eigenvalue weighted by atomic mass is 9.74. The number of carbonyl (C=O) groups is 1. The SMILES string of the molecule is CCN(CC1C(=O)CC(C)CC1C)C(C)C. The molecule has 0 aromatic carbocycles. The number of Topliss-reactive ketones (excluding diaryl/α,β-unsaturated/α-hetero) is 1.